The molecule has 2 aliphatic heterocycles. The van der Waals surface area contributed by atoms with Gasteiger partial charge in [0.25, 0.3) is 5.56 Å². The number of aryl methyl sites for hydroxylation is 2. The lowest BCUT2D eigenvalue weighted by Gasteiger charge is -2.42. The minimum atomic E-state index is -0.228. The number of fused-ring (bicyclic) bond motifs is 2. The standard InChI is InChI=1S/C23H22BrCl2N5.C23H23Cl2N5O/c1-13-19(15-4-2-6-16(25)18(15)26)30-21(24)22(29-13)31-10-7-23(8-11-31)12-17-14(20(23)27)5-3-9-28-17;1-13-19(15-4-2-6-16(24)18(15)25)29-22(31)21(28-13)30-10-7-23(8-11-30)12-17-14(20(23)26)5-3-9-27-17/h2-6,9,20H,7-8,10-12,27H2,1H3;2-6,9,20H,7-8,10-12,26H2,1H3,(H,29,31)/t2*20-/m11/s1. The van der Waals surface area contributed by atoms with E-state index >= 15 is 0 Å². The number of rotatable bonds is 4. The van der Waals surface area contributed by atoms with Gasteiger partial charge in [-0.2, -0.15) is 0 Å². The van der Waals surface area contributed by atoms with E-state index in [9.17, 15) is 4.79 Å². The molecule has 6 aromatic rings. The highest BCUT2D eigenvalue weighted by molar-refractivity contribution is 9.10. The molecule has 2 saturated heterocycles. The first kappa shape index (κ1) is 43.1. The summed E-state index contributed by atoms with van der Waals surface area (Å²) in [6.07, 6.45) is 9.34. The van der Waals surface area contributed by atoms with Crippen LogP contribution >= 0.6 is 62.3 Å². The molecule has 0 radical (unpaired) electrons. The van der Waals surface area contributed by atoms with E-state index in [-0.39, 0.29) is 28.5 Å². The molecule has 11 nitrogen and oxygen atoms in total. The van der Waals surface area contributed by atoms with Crippen molar-refractivity contribution in [1.82, 2.24) is 29.9 Å². The summed E-state index contributed by atoms with van der Waals surface area (Å²) in [4.78, 5) is 43.7. The predicted molar refractivity (Wildman–Crippen MR) is 252 cm³/mol. The van der Waals surface area contributed by atoms with E-state index in [1.807, 2.05) is 56.6 Å². The van der Waals surface area contributed by atoms with E-state index in [2.05, 4.69) is 57.8 Å². The summed E-state index contributed by atoms with van der Waals surface area (Å²) in [5, 5.41) is 1.84. The predicted octanol–water partition coefficient (Wildman–Crippen LogP) is 10.0. The Morgan fingerprint density at radius 3 is 1.68 bits per heavy atom. The molecule has 4 aliphatic rings. The molecule has 6 heterocycles. The van der Waals surface area contributed by atoms with Crippen molar-refractivity contribution in [2.24, 2.45) is 22.3 Å². The number of nitrogens with two attached hydrogens (primary N) is 2. The van der Waals surface area contributed by atoms with Gasteiger partial charge in [0.15, 0.2) is 11.6 Å². The maximum absolute atomic E-state index is 12.9. The van der Waals surface area contributed by atoms with E-state index < -0.39 is 0 Å². The number of piperidine rings is 2. The topological polar surface area (TPSA) is 156 Å². The van der Waals surface area contributed by atoms with Crippen molar-refractivity contribution in [1.29, 1.82) is 0 Å². The summed E-state index contributed by atoms with van der Waals surface area (Å²) < 4.78 is 0.709. The first-order chi connectivity index (χ1) is 29.8. The molecule has 2 spiro atoms. The molecule has 2 fully saturated rings. The molecule has 0 saturated carbocycles. The summed E-state index contributed by atoms with van der Waals surface area (Å²) in [7, 11) is 0. The van der Waals surface area contributed by atoms with Gasteiger partial charge in [0.1, 0.15) is 4.60 Å². The number of anilines is 2. The van der Waals surface area contributed by atoms with Crippen LogP contribution in [-0.2, 0) is 12.8 Å². The van der Waals surface area contributed by atoms with E-state index in [0.29, 0.717) is 47.5 Å². The van der Waals surface area contributed by atoms with Gasteiger partial charge in [0, 0.05) is 73.2 Å². The first-order valence-electron chi connectivity index (χ1n) is 20.7. The Morgan fingerprint density at radius 2 is 1.15 bits per heavy atom. The van der Waals surface area contributed by atoms with Crippen molar-refractivity contribution in [3.05, 3.63) is 142 Å². The van der Waals surface area contributed by atoms with Crippen LogP contribution in [0.5, 0.6) is 0 Å². The van der Waals surface area contributed by atoms with Crippen molar-refractivity contribution < 1.29 is 0 Å². The van der Waals surface area contributed by atoms with Gasteiger partial charge in [-0.15, -0.1) is 0 Å². The van der Waals surface area contributed by atoms with Crippen LogP contribution in [0.4, 0.5) is 11.6 Å². The smallest absolute Gasteiger partial charge is 0.291 e. The lowest BCUT2D eigenvalue weighted by atomic mass is 9.73. The number of H-pyrrole nitrogens is 1. The van der Waals surface area contributed by atoms with Crippen LogP contribution in [0.15, 0.2) is 82.5 Å². The molecule has 0 bridgehead atoms. The fraction of sp³-hybridized carbons (Fsp3) is 0.348. The molecule has 2 atom stereocenters. The second-order valence-corrected chi connectivity index (χ2v) is 19.2. The number of halogens is 5. The van der Waals surface area contributed by atoms with Gasteiger partial charge in [-0.3, -0.25) is 14.8 Å². The fourth-order valence-corrected chi connectivity index (χ4v) is 11.2. The lowest BCUT2D eigenvalue weighted by Crippen LogP contribution is -2.46. The second-order valence-electron chi connectivity index (χ2n) is 16.9. The molecular weight excluding hydrogens is 930 g/mol. The third-order valence-corrected chi connectivity index (χ3v) is 15.7. The maximum atomic E-state index is 12.9. The van der Waals surface area contributed by atoms with Crippen LogP contribution in [0, 0.1) is 24.7 Å². The monoisotopic (exact) mass is 972 g/mol. The molecule has 4 aromatic heterocycles. The Labute approximate surface area is 388 Å². The highest BCUT2D eigenvalue weighted by Crippen LogP contribution is 2.52. The maximum Gasteiger partial charge on any atom is 0.291 e. The van der Waals surface area contributed by atoms with E-state index in [0.717, 1.165) is 104 Å². The minimum absolute atomic E-state index is 0.00322. The summed E-state index contributed by atoms with van der Waals surface area (Å²) in [6, 6.07) is 19.1. The van der Waals surface area contributed by atoms with E-state index in [4.69, 9.17) is 67.8 Å². The van der Waals surface area contributed by atoms with Gasteiger partial charge in [-0.05, 0) is 115 Å². The molecule has 0 amide bonds. The third kappa shape index (κ3) is 7.69. The Bertz CT molecular complexity index is 2750. The zero-order valence-corrected chi connectivity index (χ0v) is 38.8. The Hall–Kier alpha value is -4.14. The summed E-state index contributed by atoms with van der Waals surface area (Å²) >= 11 is 28.8. The zero-order valence-electron chi connectivity index (χ0n) is 34.2. The van der Waals surface area contributed by atoms with Gasteiger partial charge in [0.2, 0.25) is 0 Å². The fourth-order valence-electron chi connectivity index (χ4n) is 9.94. The van der Waals surface area contributed by atoms with Crippen molar-refractivity contribution in [2.45, 2.75) is 64.5 Å². The molecule has 320 valence electrons. The third-order valence-electron chi connectivity index (χ3n) is 13.5. The number of hydrogen-bond donors (Lipinski definition) is 3. The van der Waals surface area contributed by atoms with E-state index in [1.54, 1.807) is 18.2 Å². The van der Waals surface area contributed by atoms with Crippen LogP contribution in [0.3, 0.4) is 0 Å². The van der Waals surface area contributed by atoms with Crippen LogP contribution in [0.2, 0.25) is 20.1 Å². The number of aromatic amines is 1. The number of pyridine rings is 2. The van der Waals surface area contributed by atoms with Crippen molar-refractivity contribution >= 4 is 74.0 Å². The number of nitrogens with zero attached hydrogens (tertiary/aromatic N) is 7. The average molecular weight is 976 g/mol. The van der Waals surface area contributed by atoms with Crippen LogP contribution < -0.4 is 26.8 Å². The zero-order chi connectivity index (χ0) is 43.5. The van der Waals surface area contributed by atoms with Gasteiger partial charge in [0.05, 0.1) is 42.9 Å². The number of benzene rings is 2. The van der Waals surface area contributed by atoms with Gasteiger partial charge in [-0.1, -0.05) is 82.8 Å². The average Bonchev–Trinajstić information content (AvgIpc) is 3.70. The van der Waals surface area contributed by atoms with Gasteiger partial charge in [-0.25, -0.2) is 15.0 Å². The van der Waals surface area contributed by atoms with Crippen molar-refractivity contribution in [3.8, 4) is 22.5 Å². The SMILES string of the molecule is Cc1nc(N2CCC3(CC2)Cc2ncccc2[C@H]3N)c(=O)[nH]c1-c1cccc(Cl)c1Cl.Cc1nc(N2CCC3(CC2)Cc2ncccc2[C@H]3N)c(Br)nc1-c1cccc(Cl)c1Cl. The molecule has 2 aromatic carbocycles. The van der Waals surface area contributed by atoms with Crippen molar-refractivity contribution in [3.63, 3.8) is 0 Å². The molecule has 10 rings (SSSR count). The minimum Gasteiger partial charge on any atom is -0.354 e. The molecule has 2 aliphatic carbocycles. The number of hydrogen-bond acceptors (Lipinski definition) is 10. The second kappa shape index (κ2) is 17.1. The largest absolute Gasteiger partial charge is 0.354 e. The molecule has 0 unspecified atom stereocenters. The normalized spacial score (nSPS) is 19.6. The number of aromatic nitrogens is 6. The molecular formula is C46H45BrCl4N10O. The lowest BCUT2D eigenvalue weighted by molar-refractivity contribution is 0.186. The summed E-state index contributed by atoms with van der Waals surface area (Å²) in [5.74, 6) is 1.30. The Balaban J connectivity index is 0.000000158. The summed E-state index contributed by atoms with van der Waals surface area (Å²) in [5.41, 5.74) is 22.1. The Kier molecular flexibility index (Phi) is 11.9. The van der Waals surface area contributed by atoms with Gasteiger partial charge >= 0.3 is 0 Å². The number of nitrogens with one attached hydrogen (secondary N) is 1. The first-order valence-corrected chi connectivity index (χ1v) is 23.0. The molecule has 5 N–H and O–H groups in total. The van der Waals surface area contributed by atoms with E-state index in [1.165, 1.54) is 5.56 Å². The Morgan fingerprint density at radius 1 is 0.661 bits per heavy atom. The molecule has 16 heteroatoms. The van der Waals surface area contributed by atoms with Crippen LogP contribution in [0.25, 0.3) is 22.5 Å². The highest BCUT2D eigenvalue weighted by atomic mass is 79.9. The van der Waals surface area contributed by atoms with Crippen LogP contribution in [-0.4, -0.2) is 56.1 Å². The van der Waals surface area contributed by atoms with Gasteiger partial charge < -0.3 is 26.3 Å². The quantitative estimate of drug-likeness (QED) is 0.155. The summed E-state index contributed by atoms with van der Waals surface area (Å²) in [6.45, 7) is 7.04. The molecule has 62 heavy (non-hydrogen) atoms. The highest BCUT2D eigenvalue weighted by Gasteiger charge is 2.48. The van der Waals surface area contributed by atoms with Crippen LogP contribution in [0.1, 0.15) is 71.7 Å². The van der Waals surface area contributed by atoms with Crippen molar-refractivity contribution in [2.75, 3.05) is 36.0 Å².